The predicted octanol–water partition coefficient (Wildman–Crippen LogP) is 2.86. The number of nitrogens with one attached hydrogen (secondary N) is 1. The van der Waals surface area contributed by atoms with E-state index in [2.05, 4.69) is 5.32 Å². The summed E-state index contributed by atoms with van der Waals surface area (Å²) < 4.78 is 1.55. The van der Waals surface area contributed by atoms with Crippen LogP contribution in [0.15, 0.2) is 47.4 Å². The molecule has 136 valence electrons. The predicted molar refractivity (Wildman–Crippen MR) is 102 cm³/mol. The van der Waals surface area contributed by atoms with Crippen molar-refractivity contribution in [1.29, 1.82) is 0 Å². The largest absolute Gasteiger partial charge is 0.327 e. The van der Waals surface area contributed by atoms with Gasteiger partial charge in [0.05, 0.1) is 18.2 Å². The van der Waals surface area contributed by atoms with Crippen molar-refractivity contribution in [2.75, 3.05) is 5.32 Å². The highest BCUT2D eigenvalue weighted by Crippen LogP contribution is 2.47. The second kappa shape index (κ2) is 6.89. The zero-order chi connectivity index (χ0) is 18.3. The first-order valence-corrected chi connectivity index (χ1v) is 9.41. The number of halogens is 1. The molecule has 4 unspecified atom stereocenters. The Kier molecular flexibility index (Phi) is 4.59. The van der Waals surface area contributed by atoms with Crippen LogP contribution < -0.4 is 16.6 Å². The number of rotatable bonds is 4. The molecule has 2 saturated carbocycles. The van der Waals surface area contributed by atoms with Crippen molar-refractivity contribution in [3.63, 3.8) is 0 Å². The maximum Gasteiger partial charge on any atom is 0.250 e. The lowest BCUT2D eigenvalue weighted by molar-refractivity contribution is -0.121. The lowest BCUT2D eigenvalue weighted by Gasteiger charge is -2.27. The van der Waals surface area contributed by atoms with Crippen LogP contribution in [0.5, 0.6) is 0 Å². The standard InChI is InChI=1S/C20H22ClN3O2/c21-16-4-2-1-3-14(16)10-24-11-15(7-8-17(24)25)23-20(26)18-12-5-6-13(9-12)19(18)22/h1-4,7-8,11-13,18-19H,5-6,9-10,22H2,(H,23,26). The molecular weight excluding hydrogens is 350 g/mol. The summed E-state index contributed by atoms with van der Waals surface area (Å²) in [5, 5.41) is 3.57. The molecule has 2 aliphatic rings. The summed E-state index contributed by atoms with van der Waals surface area (Å²) in [7, 11) is 0. The van der Waals surface area contributed by atoms with E-state index in [1.54, 1.807) is 22.9 Å². The molecule has 2 aliphatic carbocycles. The lowest BCUT2D eigenvalue weighted by atomic mass is 9.84. The summed E-state index contributed by atoms with van der Waals surface area (Å²) in [6, 6.07) is 10.5. The van der Waals surface area contributed by atoms with Crippen molar-refractivity contribution in [2.45, 2.75) is 31.8 Å². The average Bonchev–Trinajstić information content (AvgIpc) is 3.21. The van der Waals surface area contributed by atoms with E-state index in [0.717, 1.165) is 24.8 Å². The van der Waals surface area contributed by atoms with Crippen molar-refractivity contribution >= 4 is 23.2 Å². The molecule has 0 aliphatic heterocycles. The van der Waals surface area contributed by atoms with Crippen LogP contribution in [0.2, 0.25) is 5.02 Å². The smallest absolute Gasteiger partial charge is 0.250 e. The highest BCUT2D eigenvalue weighted by atomic mass is 35.5. The number of benzene rings is 1. The molecule has 1 heterocycles. The highest BCUT2D eigenvalue weighted by Gasteiger charge is 2.49. The molecule has 1 aromatic heterocycles. The minimum atomic E-state index is -0.139. The average molecular weight is 372 g/mol. The van der Waals surface area contributed by atoms with Gasteiger partial charge in [0.15, 0.2) is 0 Å². The molecule has 6 heteroatoms. The molecule has 0 radical (unpaired) electrons. The van der Waals surface area contributed by atoms with Crippen molar-refractivity contribution in [1.82, 2.24) is 4.57 Å². The maximum absolute atomic E-state index is 12.7. The van der Waals surface area contributed by atoms with E-state index in [1.165, 1.54) is 6.07 Å². The fourth-order valence-electron chi connectivity index (χ4n) is 4.49. The van der Waals surface area contributed by atoms with Crippen LogP contribution in [0.25, 0.3) is 0 Å². The molecule has 4 rings (SSSR count). The summed E-state index contributed by atoms with van der Waals surface area (Å²) in [6.07, 6.45) is 4.95. The Morgan fingerprint density at radius 3 is 2.69 bits per heavy atom. The van der Waals surface area contributed by atoms with E-state index in [4.69, 9.17) is 17.3 Å². The van der Waals surface area contributed by atoms with E-state index in [9.17, 15) is 9.59 Å². The van der Waals surface area contributed by atoms with Crippen LogP contribution in [-0.2, 0) is 11.3 Å². The number of carbonyl (C=O) groups is 1. The Balaban J connectivity index is 1.52. The molecule has 1 aromatic carbocycles. The summed E-state index contributed by atoms with van der Waals surface area (Å²) in [4.78, 5) is 24.9. The molecule has 0 saturated heterocycles. The van der Waals surface area contributed by atoms with Gasteiger partial charge < -0.3 is 15.6 Å². The van der Waals surface area contributed by atoms with Gasteiger partial charge in [0.25, 0.3) is 5.56 Å². The highest BCUT2D eigenvalue weighted by molar-refractivity contribution is 6.31. The van der Waals surface area contributed by atoms with Crippen molar-refractivity contribution in [3.8, 4) is 0 Å². The molecule has 2 fully saturated rings. The van der Waals surface area contributed by atoms with Gasteiger partial charge in [-0.25, -0.2) is 0 Å². The Morgan fingerprint density at radius 1 is 1.19 bits per heavy atom. The summed E-state index contributed by atoms with van der Waals surface area (Å²) in [6.45, 7) is 0.357. The lowest BCUT2D eigenvalue weighted by Crippen LogP contribution is -2.42. The Morgan fingerprint density at radius 2 is 1.96 bits per heavy atom. The minimum absolute atomic E-state index is 0.0346. The van der Waals surface area contributed by atoms with Gasteiger partial charge in [-0.3, -0.25) is 9.59 Å². The Hall–Kier alpha value is -2.11. The van der Waals surface area contributed by atoms with Crippen molar-refractivity contribution < 1.29 is 4.79 Å². The first-order valence-electron chi connectivity index (χ1n) is 9.03. The molecule has 2 bridgehead atoms. The van der Waals surface area contributed by atoms with Gasteiger partial charge in [0, 0.05) is 23.3 Å². The van der Waals surface area contributed by atoms with Crippen molar-refractivity contribution in [2.24, 2.45) is 23.5 Å². The number of carbonyl (C=O) groups excluding carboxylic acids is 1. The number of hydrogen-bond donors (Lipinski definition) is 2. The number of amides is 1. The summed E-state index contributed by atoms with van der Waals surface area (Å²) in [5.74, 6) is 0.708. The number of nitrogens with zero attached hydrogens (tertiary/aromatic N) is 1. The van der Waals surface area contributed by atoms with Crippen LogP contribution >= 0.6 is 11.6 Å². The van der Waals surface area contributed by atoms with E-state index in [-0.39, 0.29) is 23.4 Å². The quantitative estimate of drug-likeness (QED) is 0.867. The fraction of sp³-hybridized carbons (Fsp3) is 0.400. The monoisotopic (exact) mass is 371 g/mol. The molecule has 4 atom stereocenters. The molecule has 5 nitrogen and oxygen atoms in total. The van der Waals surface area contributed by atoms with E-state index < -0.39 is 0 Å². The topological polar surface area (TPSA) is 77.1 Å². The third kappa shape index (κ3) is 3.17. The number of aromatic nitrogens is 1. The van der Waals surface area contributed by atoms with Crippen molar-refractivity contribution in [3.05, 3.63) is 63.5 Å². The number of hydrogen-bond acceptors (Lipinski definition) is 3. The minimum Gasteiger partial charge on any atom is -0.327 e. The molecule has 26 heavy (non-hydrogen) atoms. The SMILES string of the molecule is NC1C2CCC(C2)C1C(=O)Nc1ccc(=O)n(Cc2ccccc2Cl)c1. The van der Waals surface area contributed by atoms with E-state index >= 15 is 0 Å². The zero-order valence-corrected chi connectivity index (χ0v) is 15.2. The molecule has 2 aromatic rings. The zero-order valence-electron chi connectivity index (χ0n) is 14.4. The van der Waals surface area contributed by atoms with Crippen LogP contribution in [-0.4, -0.2) is 16.5 Å². The van der Waals surface area contributed by atoms with Crippen LogP contribution in [0.3, 0.4) is 0 Å². The van der Waals surface area contributed by atoms with Gasteiger partial charge in [-0.2, -0.15) is 0 Å². The number of anilines is 1. The van der Waals surface area contributed by atoms with E-state index in [0.29, 0.717) is 29.1 Å². The first-order chi connectivity index (χ1) is 12.5. The number of nitrogens with two attached hydrogens (primary N) is 1. The van der Waals surface area contributed by atoms with Gasteiger partial charge in [0.2, 0.25) is 5.91 Å². The van der Waals surface area contributed by atoms with Gasteiger partial charge in [0.1, 0.15) is 0 Å². The number of pyridine rings is 1. The van der Waals surface area contributed by atoms with Gasteiger partial charge >= 0.3 is 0 Å². The van der Waals surface area contributed by atoms with Crippen LogP contribution in [0.4, 0.5) is 5.69 Å². The Labute approximate surface area is 157 Å². The number of fused-ring (bicyclic) bond motifs is 2. The second-order valence-corrected chi connectivity index (χ2v) is 7.81. The summed E-state index contributed by atoms with van der Waals surface area (Å²) in [5.41, 5.74) is 7.59. The third-order valence-electron chi connectivity index (χ3n) is 5.83. The second-order valence-electron chi connectivity index (χ2n) is 7.40. The molecule has 3 N–H and O–H groups in total. The van der Waals surface area contributed by atoms with Crippen LogP contribution in [0, 0.1) is 17.8 Å². The Bertz CT molecular complexity index is 893. The van der Waals surface area contributed by atoms with E-state index in [1.807, 2.05) is 18.2 Å². The van der Waals surface area contributed by atoms with Gasteiger partial charge in [-0.05, 0) is 48.8 Å². The summed E-state index contributed by atoms with van der Waals surface area (Å²) >= 11 is 6.19. The fourth-order valence-corrected chi connectivity index (χ4v) is 4.68. The molecule has 1 amide bonds. The molecule has 0 spiro atoms. The third-order valence-corrected chi connectivity index (χ3v) is 6.20. The maximum atomic E-state index is 12.7. The first kappa shape index (κ1) is 17.3. The van der Waals surface area contributed by atoms with Gasteiger partial charge in [-0.1, -0.05) is 29.8 Å². The van der Waals surface area contributed by atoms with Crippen LogP contribution in [0.1, 0.15) is 24.8 Å². The van der Waals surface area contributed by atoms with Gasteiger partial charge in [-0.15, -0.1) is 0 Å². The normalized spacial score (nSPS) is 26.8. The molecular formula is C20H22ClN3O2.